The van der Waals surface area contributed by atoms with Gasteiger partial charge in [-0.15, -0.1) is 11.3 Å². The van der Waals surface area contributed by atoms with Gasteiger partial charge in [0.1, 0.15) is 10.8 Å². The maximum absolute atomic E-state index is 12.3. The summed E-state index contributed by atoms with van der Waals surface area (Å²) in [6.45, 7) is 3.95. The number of hydrogen-bond donors (Lipinski definition) is 1. The molecule has 1 heterocycles. The van der Waals surface area contributed by atoms with Crippen molar-refractivity contribution in [2.24, 2.45) is 0 Å². The van der Waals surface area contributed by atoms with E-state index in [9.17, 15) is 4.79 Å². The van der Waals surface area contributed by atoms with Gasteiger partial charge in [-0.3, -0.25) is 4.79 Å². The molecule has 0 saturated carbocycles. The van der Waals surface area contributed by atoms with E-state index in [1.165, 1.54) is 10.3 Å². The second kappa shape index (κ2) is 8.88. The molecule has 1 N–H and O–H groups in total. The van der Waals surface area contributed by atoms with Crippen molar-refractivity contribution in [3.05, 3.63) is 74.7 Å². The molecule has 1 amide bonds. The second-order valence-corrected chi connectivity index (χ2v) is 9.74. The number of carbonyl (C=O) groups excluding carboxylic acids is 1. The summed E-state index contributed by atoms with van der Waals surface area (Å²) in [4.78, 5) is 17.0. The zero-order chi connectivity index (χ0) is 21.3. The van der Waals surface area contributed by atoms with Crippen LogP contribution in [0.1, 0.15) is 11.1 Å². The zero-order valence-corrected chi connectivity index (χ0v) is 20.3. The van der Waals surface area contributed by atoms with Crippen LogP contribution in [0, 0.1) is 13.8 Å². The molecule has 152 valence electrons. The molecule has 7 heteroatoms. The third-order valence-corrected chi connectivity index (χ3v) is 6.62. The Balaban J connectivity index is 1.41. The Hall–Kier alpha value is -2.22. The number of aromatic nitrogens is 1. The number of ether oxygens (including phenoxy) is 1. The molecule has 0 aliphatic carbocycles. The van der Waals surface area contributed by atoms with Crippen molar-refractivity contribution in [2.45, 2.75) is 13.8 Å². The summed E-state index contributed by atoms with van der Waals surface area (Å²) >= 11 is 8.58. The van der Waals surface area contributed by atoms with Gasteiger partial charge < -0.3 is 10.1 Å². The van der Waals surface area contributed by atoms with E-state index in [1.54, 1.807) is 11.3 Å². The van der Waals surface area contributed by atoms with Crippen molar-refractivity contribution in [1.82, 2.24) is 4.98 Å². The molecule has 0 spiro atoms. The van der Waals surface area contributed by atoms with Gasteiger partial charge in [0.15, 0.2) is 6.61 Å². The predicted octanol–water partition coefficient (Wildman–Crippen LogP) is 7.12. The van der Waals surface area contributed by atoms with Crippen molar-refractivity contribution in [1.29, 1.82) is 0 Å². The lowest BCUT2D eigenvalue weighted by molar-refractivity contribution is -0.118. The Morgan fingerprint density at radius 3 is 2.57 bits per heavy atom. The third-order valence-electron chi connectivity index (χ3n) is 4.50. The Bertz CT molecular complexity index is 1210. The molecule has 3 aromatic carbocycles. The number of nitrogens with one attached hydrogen (secondary N) is 1. The highest BCUT2D eigenvalue weighted by Crippen LogP contribution is 2.33. The quantitative estimate of drug-likeness (QED) is 0.290. The Labute approximate surface area is 195 Å². The van der Waals surface area contributed by atoms with Gasteiger partial charge in [0.2, 0.25) is 0 Å². The highest BCUT2D eigenvalue weighted by Gasteiger charge is 2.11. The number of aryl methyl sites for hydroxylation is 2. The van der Waals surface area contributed by atoms with Crippen LogP contribution in [0.2, 0.25) is 0 Å². The molecule has 0 fully saturated rings. The fourth-order valence-electron chi connectivity index (χ4n) is 3.06. The lowest BCUT2D eigenvalue weighted by Gasteiger charge is -2.12. The van der Waals surface area contributed by atoms with Crippen LogP contribution in [0.5, 0.6) is 5.75 Å². The van der Waals surface area contributed by atoms with Crippen LogP contribution in [0.25, 0.3) is 20.8 Å². The molecule has 0 atom stereocenters. The van der Waals surface area contributed by atoms with E-state index in [-0.39, 0.29) is 12.5 Å². The van der Waals surface area contributed by atoms with Crippen LogP contribution >= 0.6 is 43.2 Å². The smallest absolute Gasteiger partial charge is 0.262 e. The van der Waals surface area contributed by atoms with E-state index in [4.69, 9.17) is 9.72 Å². The summed E-state index contributed by atoms with van der Waals surface area (Å²) in [6.07, 6.45) is 0. The first-order valence-corrected chi connectivity index (χ1v) is 11.7. The van der Waals surface area contributed by atoms with E-state index in [0.717, 1.165) is 36.3 Å². The van der Waals surface area contributed by atoms with Crippen molar-refractivity contribution in [2.75, 3.05) is 11.9 Å². The van der Waals surface area contributed by atoms with E-state index in [0.29, 0.717) is 5.75 Å². The molecule has 0 unspecified atom stereocenters. The summed E-state index contributed by atoms with van der Waals surface area (Å²) in [6, 6.07) is 17.8. The predicted molar refractivity (Wildman–Crippen MR) is 130 cm³/mol. The number of anilines is 1. The van der Waals surface area contributed by atoms with Crippen molar-refractivity contribution in [3.8, 4) is 16.3 Å². The van der Waals surface area contributed by atoms with Crippen LogP contribution in [-0.4, -0.2) is 17.5 Å². The Morgan fingerprint density at radius 1 is 1.07 bits per heavy atom. The molecule has 0 aliphatic rings. The molecule has 4 nitrogen and oxygen atoms in total. The minimum Gasteiger partial charge on any atom is -0.482 e. The first-order chi connectivity index (χ1) is 14.4. The maximum Gasteiger partial charge on any atom is 0.262 e. The van der Waals surface area contributed by atoms with E-state index in [1.807, 2.05) is 49.4 Å². The number of thiazole rings is 1. The molecule has 4 aromatic rings. The molecule has 0 bridgehead atoms. The second-order valence-electron chi connectivity index (χ2n) is 6.94. The number of rotatable bonds is 5. The van der Waals surface area contributed by atoms with E-state index >= 15 is 0 Å². The highest BCUT2D eigenvalue weighted by molar-refractivity contribution is 9.11. The van der Waals surface area contributed by atoms with Crippen molar-refractivity contribution in [3.63, 3.8) is 0 Å². The monoisotopic (exact) mass is 544 g/mol. The summed E-state index contributed by atoms with van der Waals surface area (Å²) in [5.41, 5.74) is 4.92. The number of benzene rings is 3. The number of halogens is 2. The number of hydrogen-bond acceptors (Lipinski definition) is 4. The van der Waals surface area contributed by atoms with Crippen LogP contribution in [0.4, 0.5) is 5.69 Å². The van der Waals surface area contributed by atoms with Crippen molar-refractivity contribution < 1.29 is 9.53 Å². The molecule has 30 heavy (non-hydrogen) atoms. The molecule has 1 aromatic heterocycles. The van der Waals surface area contributed by atoms with Crippen LogP contribution < -0.4 is 10.1 Å². The first kappa shape index (κ1) is 21.0. The summed E-state index contributed by atoms with van der Waals surface area (Å²) in [5, 5.41) is 3.83. The number of nitrogens with zero attached hydrogens (tertiary/aromatic N) is 1. The average molecular weight is 546 g/mol. The lowest BCUT2D eigenvalue weighted by atomic mass is 10.2. The summed E-state index contributed by atoms with van der Waals surface area (Å²) in [5.74, 6) is 0.446. The standard InChI is InChI=1S/C23H18Br2N2O2S/c1-13-3-8-19-20(9-13)30-23(27-19)15-4-6-17(7-5-15)26-21(28)12-29-22-14(2)10-16(24)11-18(22)25/h3-11H,12H2,1-2H3,(H,26,28). The summed E-state index contributed by atoms with van der Waals surface area (Å²) < 4.78 is 8.63. The fourth-order valence-corrected chi connectivity index (χ4v) is 5.68. The summed E-state index contributed by atoms with van der Waals surface area (Å²) in [7, 11) is 0. The SMILES string of the molecule is Cc1ccc2nc(-c3ccc(NC(=O)COc4c(C)cc(Br)cc4Br)cc3)sc2c1. The zero-order valence-electron chi connectivity index (χ0n) is 16.3. The number of amides is 1. The average Bonchev–Trinajstić information content (AvgIpc) is 3.11. The highest BCUT2D eigenvalue weighted by atomic mass is 79.9. The fraction of sp³-hybridized carbons (Fsp3) is 0.130. The minimum absolute atomic E-state index is 0.0694. The van der Waals surface area contributed by atoms with Crippen LogP contribution in [0.3, 0.4) is 0 Å². The third kappa shape index (κ3) is 4.74. The van der Waals surface area contributed by atoms with Gasteiger partial charge in [-0.05, 0) is 89.4 Å². The van der Waals surface area contributed by atoms with Crippen molar-refractivity contribution >= 4 is 65.0 Å². The van der Waals surface area contributed by atoms with Gasteiger partial charge in [0.25, 0.3) is 5.91 Å². The Kier molecular flexibility index (Phi) is 6.22. The van der Waals surface area contributed by atoms with Gasteiger partial charge in [0, 0.05) is 15.7 Å². The van der Waals surface area contributed by atoms with Crippen LogP contribution in [-0.2, 0) is 4.79 Å². The first-order valence-electron chi connectivity index (χ1n) is 9.25. The van der Waals surface area contributed by atoms with Crippen LogP contribution in [0.15, 0.2) is 63.5 Å². The molecular formula is C23H18Br2N2O2S. The number of fused-ring (bicyclic) bond motifs is 1. The molecule has 4 rings (SSSR count). The van der Waals surface area contributed by atoms with E-state index in [2.05, 4.69) is 56.2 Å². The number of carbonyl (C=O) groups is 1. The van der Waals surface area contributed by atoms with Gasteiger partial charge in [0.05, 0.1) is 14.7 Å². The largest absolute Gasteiger partial charge is 0.482 e. The maximum atomic E-state index is 12.3. The topological polar surface area (TPSA) is 51.2 Å². The molecule has 0 aliphatic heterocycles. The van der Waals surface area contributed by atoms with Gasteiger partial charge in [-0.1, -0.05) is 22.0 Å². The Morgan fingerprint density at radius 2 is 1.83 bits per heavy atom. The molecule has 0 saturated heterocycles. The van der Waals surface area contributed by atoms with E-state index < -0.39 is 0 Å². The normalized spacial score (nSPS) is 10.9. The molecular weight excluding hydrogens is 528 g/mol. The van der Waals surface area contributed by atoms with Gasteiger partial charge in [-0.25, -0.2) is 4.98 Å². The van der Waals surface area contributed by atoms with Gasteiger partial charge in [-0.2, -0.15) is 0 Å². The minimum atomic E-state index is -0.215. The molecule has 0 radical (unpaired) electrons. The van der Waals surface area contributed by atoms with Gasteiger partial charge >= 0.3 is 0 Å². The lowest BCUT2D eigenvalue weighted by Crippen LogP contribution is -2.20.